The molecule has 7 heteroatoms. The maximum absolute atomic E-state index is 15.2. The van der Waals surface area contributed by atoms with E-state index >= 15 is 4.39 Å². The summed E-state index contributed by atoms with van der Waals surface area (Å²) < 4.78 is 31.4. The average Bonchev–Trinajstić information content (AvgIpc) is 3.22. The number of carbonyl (C=O) groups excluding carboxylic acids is 1. The molecular formula is C18H17FN2O4. The molecule has 0 radical (unpaired) electrons. The molecule has 1 saturated heterocycles. The van der Waals surface area contributed by atoms with Gasteiger partial charge in [-0.3, -0.25) is 4.79 Å². The molecule has 1 fully saturated rings. The molecule has 3 aromatic rings. The van der Waals surface area contributed by atoms with Gasteiger partial charge in [0, 0.05) is 18.7 Å². The Kier molecular flexibility index (Phi) is 3.80. The minimum atomic E-state index is -0.591. The van der Waals surface area contributed by atoms with Gasteiger partial charge in [0.1, 0.15) is 0 Å². The molecule has 0 N–H and O–H groups in total. The number of rotatable bonds is 3. The maximum atomic E-state index is 15.2. The second-order valence-electron chi connectivity index (χ2n) is 6.29. The van der Waals surface area contributed by atoms with Crippen molar-refractivity contribution in [3.8, 4) is 11.5 Å². The Morgan fingerprint density at radius 1 is 1.32 bits per heavy atom. The Labute approximate surface area is 143 Å². The number of anilines is 1. The lowest BCUT2D eigenvalue weighted by Crippen LogP contribution is -2.46. The van der Waals surface area contributed by atoms with Crippen molar-refractivity contribution in [1.29, 1.82) is 0 Å². The summed E-state index contributed by atoms with van der Waals surface area (Å²) in [5.41, 5.74) is 0.866. The first-order chi connectivity index (χ1) is 12.1. The van der Waals surface area contributed by atoms with Crippen LogP contribution < -0.4 is 4.90 Å². The van der Waals surface area contributed by atoms with Gasteiger partial charge in [-0.2, -0.15) is 0 Å². The van der Waals surface area contributed by atoms with Crippen molar-refractivity contribution >= 4 is 22.9 Å². The number of hydrogen-bond acceptors (Lipinski definition) is 6. The quantitative estimate of drug-likeness (QED) is 0.676. The van der Waals surface area contributed by atoms with Gasteiger partial charge in [-0.25, -0.2) is 4.39 Å². The van der Waals surface area contributed by atoms with Crippen molar-refractivity contribution < 1.29 is 22.9 Å². The van der Waals surface area contributed by atoms with Gasteiger partial charge in [0.15, 0.2) is 23.6 Å². The highest BCUT2D eigenvalue weighted by atomic mass is 19.1. The van der Waals surface area contributed by atoms with Crippen molar-refractivity contribution in [2.75, 3.05) is 18.0 Å². The number of carbonyl (C=O) groups is 1. The second-order valence-corrected chi connectivity index (χ2v) is 6.29. The van der Waals surface area contributed by atoms with Crippen LogP contribution in [0.25, 0.3) is 22.4 Å². The second kappa shape index (κ2) is 6.00. The summed E-state index contributed by atoms with van der Waals surface area (Å²) in [4.78, 5) is 13.5. The summed E-state index contributed by atoms with van der Waals surface area (Å²) in [6.07, 6.45) is 2.03. The number of benzene rings is 1. The van der Waals surface area contributed by atoms with Crippen molar-refractivity contribution in [2.45, 2.75) is 26.1 Å². The van der Waals surface area contributed by atoms with Crippen LogP contribution in [-0.4, -0.2) is 36.7 Å². The third kappa shape index (κ3) is 2.60. The van der Waals surface area contributed by atoms with Gasteiger partial charge in [0.2, 0.25) is 5.58 Å². The Bertz CT molecular complexity index is 909. The molecular weight excluding hydrogens is 327 g/mol. The van der Waals surface area contributed by atoms with Crippen LogP contribution in [-0.2, 0) is 4.74 Å². The van der Waals surface area contributed by atoms with E-state index in [1.807, 2.05) is 18.7 Å². The number of morpholine rings is 1. The van der Waals surface area contributed by atoms with Crippen LogP contribution in [0.15, 0.2) is 33.4 Å². The fraction of sp³-hybridized carbons (Fsp3) is 0.333. The first-order valence-corrected chi connectivity index (χ1v) is 8.09. The molecule has 0 aliphatic carbocycles. The van der Waals surface area contributed by atoms with Gasteiger partial charge < -0.3 is 18.6 Å². The van der Waals surface area contributed by atoms with E-state index in [0.29, 0.717) is 36.2 Å². The lowest BCUT2D eigenvalue weighted by molar-refractivity contribution is -0.00543. The Morgan fingerprint density at radius 3 is 2.72 bits per heavy atom. The number of aromatic nitrogens is 1. The Balaban J connectivity index is 1.88. The zero-order valence-electron chi connectivity index (χ0n) is 13.9. The summed E-state index contributed by atoms with van der Waals surface area (Å²) >= 11 is 0. The third-order valence-electron chi connectivity index (χ3n) is 4.33. The molecule has 6 nitrogen and oxygen atoms in total. The summed E-state index contributed by atoms with van der Waals surface area (Å²) in [7, 11) is 0. The SMILES string of the molecule is CC1CN(c2c(C=O)cc3c(-c4ccco4)noc3c2F)CC(C)O1. The van der Waals surface area contributed by atoms with E-state index in [2.05, 4.69) is 5.16 Å². The van der Waals surface area contributed by atoms with E-state index in [9.17, 15) is 4.79 Å². The van der Waals surface area contributed by atoms with Crippen LogP contribution in [0.1, 0.15) is 24.2 Å². The van der Waals surface area contributed by atoms with Crippen LogP contribution in [0.2, 0.25) is 0 Å². The third-order valence-corrected chi connectivity index (χ3v) is 4.33. The van der Waals surface area contributed by atoms with Crippen molar-refractivity contribution in [1.82, 2.24) is 5.16 Å². The standard InChI is InChI=1S/C18H17FN2O4/c1-10-7-21(8-11(2)24-10)17-12(9-22)6-13-16(14-4-3-5-23-14)20-25-18(13)15(17)19/h3-6,9-11H,7-8H2,1-2H3. The van der Waals surface area contributed by atoms with Gasteiger partial charge >= 0.3 is 0 Å². The Hall–Kier alpha value is -2.67. The Morgan fingerprint density at radius 2 is 2.08 bits per heavy atom. The molecule has 2 unspecified atom stereocenters. The molecule has 25 heavy (non-hydrogen) atoms. The molecule has 2 aromatic heterocycles. The van der Waals surface area contributed by atoms with Crippen molar-refractivity contribution in [3.05, 3.63) is 35.8 Å². The average molecular weight is 344 g/mol. The molecule has 0 saturated carbocycles. The van der Waals surface area contributed by atoms with Crippen LogP contribution in [0, 0.1) is 5.82 Å². The number of nitrogens with zero attached hydrogens (tertiary/aromatic N) is 2. The minimum absolute atomic E-state index is 0.0128. The van der Waals surface area contributed by atoms with E-state index in [4.69, 9.17) is 13.7 Å². The normalized spacial score (nSPS) is 21.0. The van der Waals surface area contributed by atoms with Gasteiger partial charge in [-0.05, 0) is 32.0 Å². The largest absolute Gasteiger partial charge is 0.463 e. The predicted molar refractivity (Wildman–Crippen MR) is 89.3 cm³/mol. The fourth-order valence-corrected chi connectivity index (χ4v) is 3.41. The van der Waals surface area contributed by atoms with Gasteiger partial charge in [-0.15, -0.1) is 0 Å². The number of fused-ring (bicyclic) bond motifs is 1. The van der Waals surface area contributed by atoms with Gasteiger partial charge in [0.25, 0.3) is 0 Å². The van der Waals surface area contributed by atoms with Crippen molar-refractivity contribution in [2.24, 2.45) is 0 Å². The molecule has 1 aliphatic heterocycles. The summed E-state index contributed by atoms with van der Waals surface area (Å²) in [6.45, 7) is 4.83. The molecule has 2 atom stereocenters. The first-order valence-electron chi connectivity index (χ1n) is 8.09. The van der Waals surface area contributed by atoms with Gasteiger partial charge in [-0.1, -0.05) is 5.16 Å². The van der Waals surface area contributed by atoms with E-state index in [1.54, 1.807) is 18.2 Å². The lowest BCUT2D eigenvalue weighted by atomic mass is 10.1. The monoisotopic (exact) mass is 344 g/mol. The maximum Gasteiger partial charge on any atom is 0.205 e. The molecule has 1 aliphatic rings. The highest BCUT2D eigenvalue weighted by Crippen LogP contribution is 2.37. The number of aldehydes is 1. The number of furan rings is 1. The number of halogens is 1. The minimum Gasteiger partial charge on any atom is -0.463 e. The zero-order chi connectivity index (χ0) is 17.6. The first kappa shape index (κ1) is 15.8. The van der Waals surface area contributed by atoms with Crippen molar-refractivity contribution in [3.63, 3.8) is 0 Å². The number of ether oxygens (including phenoxy) is 1. The van der Waals surface area contributed by atoms with Crippen LogP contribution >= 0.6 is 0 Å². The van der Waals surface area contributed by atoms with E-state index < -0.39 is 5.82 Å². The van der Waals surface area contributed by atoms with E-state index in [-0.39, 0.29) is 29.0 Å². The summed E-state index contributed by atoms with van der Waals surface area (Å²) in [5.74, 6) is -0.137. The highest BCUT2D eigenvalue weighted by molar-refractivity contribution is 5.99. The van der Waals surface area contributed by atoms with E-state index in [1.165, 1.54) is 6.26 Å². The lowest BCUT2D eigenvalue weighted by Gasteiger charge is -2.37. The smallest absolute Gasteiger partial charge is 0.205 e. The van der Waals surface area contributed by atoms with Crippen LogP contribution in [0.3, 0.4) is 0 Å². The number of hydrogen-bond donors (Lipinski definition) is 0. The molecule has 0 bridgehead atoms. The molecule has 0 spiro atoms. The van der Waals surface area contributed by atoms with Gasteiger partial charge in [0.05, 0.1) is 29.5 Å². The predicted octanol–water partition coefficient (Wildman–Crippen LogP) is 3.65. The topological polar surface area (TPSA) is 68.7 Å². The fourth-order valence-electron chi connectivity index (χ4n) is 3.41. The summed E-state index contributed by atoms with van der Waals surface area (Å²) in [5, 5.41) is 4.33. The zero-order valence-corrected chi connectivity index (χ0v) is 13.9. The summed E-state index contributed by atoms with van der Waals surface area (Å²) in [6, 6.07) is 5.01. The van der Waals surface area contributed by atoms with E-state index in [0.717, 1.165) is 0 Å². The highest BCUT2D eigenvalue weighted by Gasteiger charge is 2.29. The van der Waals surface area contributed by atoms with Crippen LogP contribution in [0.4, 0.5) is 10.1 Å². The molecule has 0 amide bonds. The molecule has 3 heterocycles. The molecule has 4 rings (SSSR count). The molecule has 130 valence electrons. The van der Waals surface area contributed by atoms with Crippen LogP contribution in [0.5, 0.6) is 0 Å². The molecule has 1 aromatic carbocycles.